The van der Waals surface area contributed by atoms with Crippen molar-refractivity contribution in [3.8, 4) is 10.4 Å². The second kappa shape index (κ2) is 6.03. The van der Waals surface area contributed by atoms with Crippen LogP contribution >= 0.6 is 22.9 Å². The van der Waals surface area contributed by atoms with Crippen molar-refractivity contribution in [3.05, 3.63) is 46.3 Å². The second-order valence-corrected chi connectivity index (χ2v) is 5.12. The number of ether oxygens (including phenoxy) is 1. The van der Waals surface area contributed by atoms with Crippen LogP contribution in [-0.2, 0) is 16.0 Å². The van der Waals surface area contributed by atoms with Crippen molar-refractivity contribution < 1.29 is 9.53 Å². The molecule has 0 spiro atoms. The maximum Gasteiger partial charge on any atom is 0.310 e. The summed E-state index contributed by atoms with van der Waals surface area (Å²) < 4.78 is 4.97. The number of esters is 1. The molecule has 0 saturated carbocycles. The van der Waals surface area contributed by atoms with Crippen LogP contribution in [0.25, 0.3) is 10.4 Å². The largest absolute Gasteiger partial charge is 0.466 e. The summed E-state index contributed by atoms with van der Waals surface area (Å²) in [5.41, 5.74) is 2.08. The highest BCUT2D eigenvalue weighted by atomic mass is 35.5. The molecule has 0 atom stereocenters. The first-order valence-corrected chi connectivity index (χ1v) is 6.94. The first-order chi connectivity index (χ1) is 8.70. The van der Waals surface area contributed by atoms with Gasteiger partial charge in [-0.2, -0.15) is 0 Å². The van der Waals surface area contributed by atoms with Gasteiger partial charge in [0.25, 0.3) is 0 Å². The maximum absolute atomic E-state index is 11.5. The van der Waals surface area contributed by atoms with E-state index in [4.69, 9.17) is 16.3 Å². The summed E-state index contributed by atoms with van der Waals surface area (Å²) in [6.07, 6.45) is 0.315. The number of benzene rings is 1. The van der Waals surface area contributed by atoms with Gasteiger partial charge in [-0.15, -0.1) is 11.3 Å². The Morgan fingerprint density at radius 1 is 1.28 bits per heavy atom. The van der Waals surface area contributed by atoms with Gasteiger partial charge < -0.3 is 4.74 Å². The van der Waals surface area contributed by atoms with E-state index in [1.807, 2.05) is 42.6 Å². The lowest BCUT2D eigenvalue weighted by atomic mass is 10.1. The zero-order valence-electron chi connectivity index (χ0n) is 9.98. The van der Waals surface area contributed by atoms with Gasteiger partial charge in [-0.25, -0.2) is 0 Å². The molecule has 0 bridgehead atoms. The Kier molecular flexibility index (Phi) is 4.39. The van der Waals surface area contributed by atoms with Crippen molar-refractivity contribution in [2.75, 3.05) is 6.61 Å². The average Bonchev–Trinajstić information content (AvgIpc) is 2.78. The van der Waals surface area contributed by atoms with E-state index in [1.54, 1.807) is 11.3 Å². The average molecular weight is 281 g/mol. The summed E-state index contributed by atoms with van der Waals surface area (Å²) >= 11 is 7.49. The minimum atomic E-state index is -0.189. The van der Waals surface area contributed by atoms with Crippen LogP contribution in [0.5, 0.6) is 0 Å². The first kappa shape index (κ1) is 13.1. The maximum atomic E-state index is 11.5. The lowest BCUT2D eigenvalue weighted by Crippen LogP contribution is -2.07. The molecule has 0 aliphatic carbocycles. The van der Waals surface area contributed by atoms with Crippen LogP contribution in [-0.4, -0.2) is 12.6 Å². The predicted octanol–water partition coefficient (Wildman–Crippen LogP) is 4.17. The molecule has 1 aromatic carbocycles. The molecule has 2 rings (SSSR count). The fourth-order valence-corrected chi connectivity index (χ4v) is 2.76. The summed E-state index contributed by atoms with van der Waals surface area (Å²) in [4.78, 5) is 12.6. The minimum Gasteiger partial charge on any atom is -0.466 e. The minimum absolute atomic E-state index is 0.189. The van der Waals surface area contributed by atoms with E-state index in [9.17, 15) is 4.79 Å². The summed E-state index contributed by atoms with van der Waals surface area (Å²) in [5.74, 6) is -0.189. The molecule has 1 heterocycles. The van der Waals surface area contributed by atoms with Crippen molar-refractivity contribution in [2.24, 2.45) is 0 Å². The van der Waals surface area contributed by atoms with Crippen LogP contribution in [0.4, 0.5) is 0 Å². The Bertz CT molecular complexity index is 531. The lowest BCUT2D eigenvalue weighted by Gasteiger charge is -2.04. The van der Waals surface area contributed by atoms with E-state index >= 15 is 0 Å². The van der Waals surface area contributed by atoms with E-state index in [1.165, 1.54) is 0 Å². The first-order valence-electron chi connectivity index (χ1n) is 5.68. The Labute approximate surface area is 115 Å². The molecule has 4 heteroatoms. The summed E-state index contributed by atoms with van der Waals surface area (Å²) in [5, 5.41) is 2.70. The van der Waals surface area contributed by atoms with Gasteiger partial charge in [-0.1, -0.05) is 23.7 Å². The molecule has 0 aliphatic heterocycles. The van der Waals surface area contributed by atoms with Crippen LogP contribution in [0.3, 0.4) is 0 Å². The van der Waals surface area contributed by atoms with Crippen LogP contribution in [0.15, 0.2) is 35.7 Å². The third-order valence-corrected chi connectivity index (χ3v) is 3.75. The van der Waals surface area contributed by atoms with Crippen LogP contribution in [0.2, 0.25) is 5.02 Å². The van der Waals surface area contributed by atoms with Gasteiger partial charge in [0.1, 0.15) is 0 Å². The summed E-state index contributed by atoms with van der Waals surface area (Å²) in [6, 6.07) is 9.59. The zero-order chi connectivity index (χ0) is 13.0. The number of hydrogen-bond acceptors (Lipinski definition) is 3. The molecule has 0 saturated heterocycles. The monoisotopic (exact) mass is 280 g/mol. The van der Waals surface area contributed by atoms with Gasteiger partial charge in [0.05, 0.1) is 13.0 Å². The number of carbonyl (C=O) groups excluding carboxylic acids is 1. The molecule has 1 aromatic heterocycles. The molecule has 0 aliphatic rings. The molecule has 94 valence electrons. The Morgan fingerprint density at radius 3 is 2.67 bits per heavy atom. The number of carbonyl (C=O) groups is 1. The highest BCUT2D eigenvalue weighted by molar-refractivity contribution is 7.13. The van der Waals surface area contributed by atoms with Gasteiger partial charge in [-0.05, 0) is 41.6 Å². The Hall–Kier alpha value is -1.32. The van der Waals surface area contributed by atoms with E-state index in [0.717, 1.165) is 16.0 Å². The van der Waals surface area contributed by atoms with E-state index < -0.39 is 0 Å². The summed E-state index contributed by atoms with van der Waals surface area (Å²) in [7, 11) is 0. The van der Waals surface area contributed by atoms with Gasteiger partial charge in [0.15, 0.2) is 0 Å². The number of halogens is 1. The van der Waals surface area contributed by atoms with Crippen molar-refractivity contribution in [1.82, 2.24) is 0 Å². The molecular weight excluding hydrogens is 268 g/mol. The topological polar surface area (TPSA) is 26.3 Å². The molecule has 2 aromatic rings. The molecule has 0 fully saturated rings. The quantitative estimate of drug-likeness (QED) is 0.786. The smallest absolute Gasteiger partial charge is 0.310 e. The van der Waals surface area contributed by atoms with Gasteiger partial charge in [0.2, 0.25) is 0 Å². The molecule has 0 N–H and O–H groups in total. The van der Waals surface area contributed by atoms with Gasteiger partial charge in [0, 0.05) is 9.90 Å². The van der Waals surface area contributed by atoms with Crippen LogP contribution in [0.1, 0.15) is 12.5 Å². The van der Waals surface area contributed by atoms with Crippen molar-refractivity contribution in [1.29, 1.82) is 0 Å². The number of rotatable bonds is 4. The molecular formula is C14H13ClO2S. The lowest BCUT2D eigenvalue weighted by molar-refractivity contribution is -0.142. The van der Waals surface area contributed by atoms with Crippen LogP contribution < -0.4 is 0 Å². The van der Waals surface area contributed by atoms with Crippen LogP contribution in [0, 0.1) is 0 Å². The molecule has 0 amide bonds. The van der Waals surface area contributed by atoms with Crippen molar-refractivity contribution >= 4 is 28.9 Å². The van der Waals surface area contributed by atoms with E-state index in [-0.39, 0.29) is 5.97 Å². The molecule has 0 radical (unpaired) electrons. The fourth-order valence-electron chi connectivity index (χ4n) is 1.70. The number of thiophene rings is 1. The highest BCUT2D eigenvalue weighted by Gasteiger charge is 2.11. The number of hydrogen-bond donors (Lipinski definition) is 0. The van der Waals surface area contributed by atoms with E-state index in [2.05, 4.69) is 0 Å². The SMILES string of the molecule is CCOC(=O)Cc1ccsc1-c1ccc(Cl)cc1. The predicted molar refractivity (Wildman–Crippen MR) is 75.1 cm³/mol. The Balaban J connectivity index is 2.22. The fraction of sp³-hybridized carbons (Fsp3) is 0.214. The highest BCUT2D eigenvalue weighted by Crippen LogP contribution is 2.30. The Morgan fingerprint density at radius 2 is 2.00 bits per heavy atom. The zero-order valence-corrected chi connectivity index (χ0v) is 11.6. The third-order valence-electron chi connectivity index (χ3n) is 2.49. The molecule has 18 heavy (non-hydrogen) atoms. The standard InChI is InChI=1S/C14H13ClO2S/c1-2-17-13(16)9-11-7-8-18-14(11)10-3-5-12(15)6-4-10/h3-8H,2,9H2,1H3. The van der Waals surface area contributed by atoms with Crippen molar-refractivity contribution in [3.63, 3.8) is 0 Å². The van der Waals surface area contributed by atoms with E-state index in [0.29, 0.717) is 18.1 Å². The van der Waals surface area contributed by atoms with Gasteiger partial charge in [-0.3, -0.25) is 4.79 Å². The normalized spacial score (nSPS) is 10.3. The molecule has 0 unspecified atom stereocenters. The van der Waals surface area contributed by atoms with Crippen molar-refractivity contribution in [2.45, 2.75) is 13.3 Å². The molecule has 2 nitrogen and oxygen atoms in total. The third kappa shape index (κ3) is 3.12. The summed E-state index contributed by atoms with van der Waals surface area (Å²) in [6.45, 7) is 2.23. The second-order valence-electron chi connectivity index (χ2n) is 3.76. The van der Waals surface area contributed by atoms with Gasteiger partial charge >= 0.3 is 5.97 Å².